The van der Waals surface area contributed by atoms with Gasteiger partial charge in [0.15, 0.2) is 0 Å². The van der Waals surface area contributed by atoms with Gasteiger partial charge < -0.3 is 30.3 Å². The van der Waals surface area contributed by atoms with E-state index >= 15 is 0 Å². The maximum atomic E-state index is 10.8. The van der Waals surface area contributed by atoms with Crippen molar-refractivity contribution in [2.75, 3.05) is 38.2 Å². The molecule has 0 radical (unpaired) electrons. The van der Waals surface area contributed by atoms with Crippen molar-refractivity contribution >= 4 is 34.1 Å². The fourth-order valence-electron chi connectivity index (χ4n) is 5.48. The van der Waals surface area contributed by atoms with Crippen LogP contribution in [0.3, 0.4) is 0 Å². The molecule has 0 fully saturated rings. The second-order valence-electron chi connectivity index (χ2n) is 13.5. The summed E-state index contributed by atoms with van der Waals surface area (Å²) in [5.41, 5.74) is 6.20. The third kappa shape index (κ3) is 12.0. The molecular formula is C42H47N7O6. The van der Waals surface area contributed by atoms with Crippen LogP contribution in [-0.4, -0.2) is 60.2 Å². The molecule has 13 nitrogen and oxygen atoms in total. The highest BCUT2D eigenvalue weighted by atomic mass is 16.6. The highest BCUT2D eigenvalue weighted by Crippen LogP contribution is 2.34. The number of rotatable bonds is 19. The fraction of sp³-hybridized carbons (Fsp3) is 0.286. The summed E-state index contributed by atoms with van der Waals surface area (Å²) in [7, 11) is 0. The molecule has 2 atom stereocenters. The molecule has 286 valence electrons. The molecule has 0 aliphatic heterocycles. The normalized spacial score (nSPS) is 12.8. The van der Waals surface area contributed by atoms with Gasteiger partial charge in [0, 0.05) is 36.3 Å². The van der Waals surface area contributed by atoms with Crippen LogP contribution in [0, 0.1) is 17.0 Å². The van der Waals surface area contributed by atoms with E-state index in [0.717, 1.165) is 28.9 Å². The van der Waals surface area contributed by atoms with Crippen molar-refractivity contribution in [3.63, 3.8) is 0 Å². The van der Waals surface area contributed by atoms with Gasteiger partial charge >= 0.3 is 0 Å². The Labute approximate surface area is 321 Å². The summed E-state index contributed by atoms with van der Waals surface area (Å²) >= 11 is 0. The average molecular weight is 746 g/mol. The van der Waals surface area contributed by atoms with E-state index in [1.165, 1.54) is 24.3 Å². The largest absolute Gasteiger partial charge is 0.491 e. The number of benzene rings is 5. The maximum absolute atomic E-state index is 10.8. The van der Waals surface area contributed by atoms with Crippen LogP contribution < -0.4 is 20.1 Å². The Morgan fingerprint density at radius 3 is 1.64 bits per heavy atom. The van der Waals surface area contributed by atoms with E-state index in [1.807, 2.05) is 80.6 Å². The number of aliphatic hydroxyl groups excluding tert-OH is 2. The summed E-state index contributed by atoms with van der Waals surface area (Å²) in [5, 5.41) is 54.8. The van der Waals surface area contributed by atoms with Crippen molar-refractivity contribution in [2.24, 2.45) is 20.5 Å². The number of non-ortho nitro benzene ring substituents is 1. The predicted molar refractivity (Wildman–Crippen MR) is 214 cm³/mol. The minimum Gasteiger partial charge on any atom is -0.491 e. The van der Waals surface area contributed by atoms with Gasteiger partial charge in [0.05, 0.1) is 27.7 Å². The lowest BCUT2D eigenvalue weighted by Crippen LogP contribution is -2.31. The van der Waals surface area contributed by atoms with Gasteiger partial charge in [-0.3, -0.25) is 10.1 Å². The third-order valence-electron chi connectivity index (χ3n) is 8.87. The Bertz CT molecular complexity index is 2040. The molecule has 4 N–H and O–H groups in total. The van der Waals surface area contributed by atoms with Crippen LogP contribution >= 0.6 is 0 Å². The number of likely N-dealkylation sites (N-methyl/N-ethyl adjacent to an activating group) is 1. The minimum absolute atomic E-state index is 0.00425. The molecule has 0 heterocycles. The number of hydrogen-bond acceptors (Lipinski definition) is 12. The quantitative estimate of drug-likeness (QED) is 0.0367. The Hall–Kier alpha value is -6.02. The molecule has 2 unspecified atom stereocenters. The minimum atomic E-state index is -0.739. The van der Waals surface area contributed by atoms with E-state index in [-0.39, 0.29) is 24.3 Å². The molecule has 13 heteroatoms. The summed E-state index contributed by atoms with van der Waals surface area (Å²) in [4.78, 5) is 10.3. The van der Waals surface area contributed by atoms with Gasteiger partial charge in [-0.05, 0) is 109 Å². The van der Waals surface area contributed by atoms with E-state index in [4.69, 9.17) is 9.47 Å². The maximum Gasteiger partial charge on any atom is 0.269 e. The van der Waals surface area contributed by atoms with E-state index < -0.39 is 17.1 Å². The number of hydrogen-bond donors (Lipinski definition) is 4. The van der Waals surface area contributed by atoms with Crippen molar-refractivity contribution in [3.8, 4) is 11.5 Å². The van der Waals surface area contributed by atoms with Crippen molar-refractivity contribution in [1.29, 1.82) is 0 Å². The van der Waals surface area contributed by atoms with Gasteiger partial charge in [-0.25, -0.2) is 0 Å². The lowest BCUT2D eigenvalue weighted by molar-refractivity contribution is -0.384. The van der Waals surface area contributed by atoms with Crippen LogP contribution in [0.1, 0.15) is 37.5 Å². The number of nitro benzene ring substituents is 1. The first kappa shape index (κ1) is 40.2. The summed E-state index contributed by atoms with van der Waals surface area (Å²) in [6.07, 6.45) is -1.30. The molecule has 0 aliphatic carbocycles. The summed E-state index contributed by atoms with van der Waals surface area (Å²) in [5.74, 6) is 1.39. The van der Waals surface area contributed by atoms with Gasteiger partial charge in [0.1, 0.15) is 36.9 Å². The molecule has 0 spiro atoms. The van der Waals surface area contributed by atoms with Crippen LogP contribution in [0.4, 0.5) is 34.1 Å². The zero-order valence-corrected chi connectivity index (χ0v) is 31.4. The molecule has 0 aromatic heterocycles. The van der Waals surface area contributed by atoms with Crippen LogP contribution in [-0.2, 0) is 5.41 Å². The molecular weight excluding hydrogens is 699 g/mol. The van der Waals surface area contributed by atoms with Crippen molar-refractivity contribution in [1.82, 2.24) is 5.32 Å². The van der Waals surface area contributed by atoms with Crippen LogP contribution in [0.5, 0.6) is 11.5 Å². The molecule has 0 saturated heterocycles. The first-order valence-corrected chi connectivity index (χ1v) is 18.1. The number of nitrogens with one attached hydrogen (secondary N) is 2. The fourth-order valence-corrected chi connectivity index (χ4v) is 5.48. The lowest BCUT2D eigenvalue weighted by Gasteiger charge is -2.26. The van der Waals surface area contributed by atoms with Crippen LogP contribution in [0.15, 0.2) is 136 Å². The molecule has 5 rings (SSSR count). The van der Waals surface area contributed by atoms with Crippen molar-refractivity contribution in [3.05, 3.63) is 142 Å². The van der Waals surface area contributed by atoms with Gasteiger partial charge in [0.2, 0.25) is 0 Å². The lowest BCUT2D eigenvalue weighted by atomic mass is 9.78. The third-order valence-corrected chi connectivity index (χ3v) is 8.87. The standard InChI is InChI=1S/C42H47N7O6/c1-5-43-25-37(50)27-54-39-19-6-30(7-20-39)42(3,4)31-8-21-40(22-9-31)55-28-38(51)26-44-35-16-23-41(29(2)24-35)48-47-33-12-10-32(11-13-33)45-46-34-14-17-36(18-15-34)49(52)53/h6-24,37-38,43-44,50-51H,5,25-28H2,1-4H3/b46-45+,48-47?. The highest BCUT2D eigenvalue weighted by Gasteiger charge is 2.23. The second-order valence-corrected chi connectivity index (χ2v) is 13.5. The number of aliphatic hydroxyl groups is 2. The van der Waals surface area contributed by atoms with Gasteiger partial charge in [-0.15, -0.1) is 0 Å². The monoisotopic (exact) mass is 745 g/mol. The summed E-state index contributed by atoms with van der Waals surface area (Å²) in [6, 6.07) is 34.5. The number of nitrogens with zero attached hydrogens (tertiary/aromatic N) is 5. The molecule has 5 aromatic rings. The average Bonchev–Trinajstić information content (AvgIpc) is 3.20. The van der Waals surface area contributed by atoms with E-state index in [0.29, 0.717) is 47.3 Å². The number of ether oxygens (including phenoxy) is 2. The zero-order valence-electron chi connectivity index (χ0n) is 31.4. The molecule has 5 aromatic carbocycles. The SMILES string of the molecule is CCNCC(O)COc1ccc(C(C)(C)c2ccc(OCC(O)CNc3ccc(N=Nc4ccc(/N=N/c5ccc([N+](=O)[O-])cc5)cc4)c(C)c3)cc2)cc1. The van der Waals surface area contributed by atoms with Crippen LogP contribution in [0.2, 0.25) is 0 Å². The van der Waals surface area contributed by atoms with Crippen molar-refractivity contribution < 1.29 is 24.6 Å². The highest BCUT2D eigenvalue weighted by molar-refractivity contribution is 5.57. The molecule has 0 saturated carbocycles. The zero-order chi connectivity index (χ0) is 39.2. The molecule has 0 bridgehead atoms. The van der Waals surface area contributed by atoms with E-state index in [1.54, 1.807) is 24.3 Å². The number of aryl methyl sites for hydroxylation is 1. The van der Waals surface area contributed by atoms with E-state index in [9.17, 15) is 20.3 Å². The first-order valence-electron chi connectivity index (χ1n) is 18.1. The van der Waals surface area contributed by atoms with Gasteiger partial charge in [-0.1, -0.05) is 45.0 Å². The first-order chi connectivity index (χ1) is 26.5. The predicted octanol–water partition coefficient (Wildman–Crippen LogP) is 9.26. The Balaban J connectivity index is 1.05. The molecule has 0 amide bonds. The number of nitro groups is 1. The summed E-state index contributed by atoms with van der Waals surface area (Å²) < 4.78 is 11.6. The second kappa shape index (κ2) is 19.3. The molecule has 55 heavy (non-hydrogen) atoms. The Kier molecular flexibility index (Phi) is 14.1. The Morgan fingerprint density at radius 2 is 1.16 bits per heavy atom. The van der Waals surface area contributed by atoms with Gasteiger partial charge in [-0.2, -0.15) is 20.5 Å². The summed E-state index contributed by atoms with van der Waals surface area (Å²) in [6.45, 7) is 10.2. The van der Waals surface area contributed by atoms with E-state index in [2.05, 4.69) is 44.9 Å². The Morgan fingerprint density at radius 1 is 0.691 bits per heavy atom. The van der Waals surface area contributed by atoms with Crippen molar-refractivity contribution in [2.45, 2.75) is 45.3 Å². The van der Waals surface area contributed by atoms with Crippen LogP contribution in [0.25, 0.3) is 0 Å². The molecule has 0 aliphatic rings. The smallest absolute Gasteiger partial charge is 0.269 e. The van der Waals surface area contributed by atoms with Gasteiger partial charge in [0.25, 0.3) is 5.69 Å². The number of azo groups is 2. The number of anilines is 1. The topological polar surface area (TPSA) is 176 Å².